The molecule has 0 saturated heterocycles. The highest BCUT2D eigenvalue weighted by molar-refractivity contribution is 9.11. The lowest BCUT2D eigenvalue weighted by Crippen LogP contribution is -2.42. The van der Waals surface area contributed by atoms with Crippen LogP contribution in [0.2, 0.25) is 0 Å². The van der Waals surface area contributed by atoms with Gasteiger partial charge in [0.15, 0.2) is 5.17 Å². The predicted octanol–water partition coefficient (Wildman–Crippen LogP) is 7.31. The maximum absolute atomic E-state index is 13.8. The first-order valence-electron chi connectivity index (χ1n) is 13.1. The average Bonchev–Trinajstić information content (AvgIpc) is 3.01. The van der Waals surface area contributed by atoms with Crippen LogP contribution in [0.4, 0.5) is 0 Å². The Morgan fingerprint density at radius 1 is 1.05 bits per heavy atom. The van der Waals surface area contributed by atoms with E-state index in [4.69, 9.17) is 0 Å². The molecule has 0 aromatic heterocycles. The van der Waals surface area contributed by atoms with Gasteiger partial charge in [-0.25, -0.2) is 0 Å². The number of carbonyl (C=O) groups excluding carboxylic acids is 3. The number of phenols is 1. The van der Waals surface area contributed by atoms with E-state index in [0.29, 0.717) is 20.2 Å². The number of thioether (sulfide) groups is 1. The van der Waals surface area contributed by atoms with Gasteiger partial charge >= 0.3 is 0 Å². The van der Waals surface area contributed by atoms with Crippen LogP contribution < -0.4 is 5.32 Å². The summed E-state index contributed by atoms with van der Waals surface area (Å²) in [7, 11) is 0. The van der Waals surface area contributed by atoms with Crippen molar-refractivity contribution in [3.63, 3.8) is 0 Å². The molecule has 7 nitrogen and oxygen atoms in total. The van der Waals surface area contributed by atoms with Crippen molar-refractivity contribution in [2.45, 2.75) is 13.0 Å². The molecule has 0 radical (unpaired) electrons. The fraction of sp³-hybridized carbons (Fsp3) is 0.0909. The Morgan fingerprint density at radius 2 is 1.63 bits per heavy atom. The zero-order valence-corrected chi connectivity index (χ0v) is 27.0. The first-order valence-corrected chi connectivity index (χ1v) is 15.6. The molecule has 0 unspecified atom stereocenters. The third-order valence-corrected chi connectivity index (χ3v) is 8.41. The molecule has 0 spiro atoms. The fourth-order valence-corrected chi connectivity index (χ4v) is 6.26. The molecule has 2 N–H and O–H groups in total. The van der Waals surface area contributed by atoms with Crippen LogP contribution in [-0.4, -0.2) is 38.6 Å². The lowest BCUT2D eigenvalue weighted by Gasteiger charge is -2.28. The van der Waals surface area contributed by atoms with E-state index in [-0.39, 0.29) is 34.2 Å². The van der Waals surface area contributed by atoms with E-state index in [1.54, 1.807) is 43.4 Å². The number of rotatable bonds is 9. The Hall–Kier alpha value is -3.99. The lowest BCUT2D eigenvalue weighted by molar-refractivity contribution is -0.126. The maximum atomic E-state index is 13.8. The van der Waals surface area contributed by atoms with E-state index in [0.717, 1.165) is 22.9 Å². The molecular formula is C33H27Br2N3O4S. The van der Waals surface area contributed by atoms with Crippen molar-refractivity contribution in [3.05, 3.63) is 141 Å². The number of phenolic OH excluding ortho intramolecular Hbond substituents is 1. The number of nitrogens with one attached hydrogen (secondary N) is 1. The molecule has 0 fully saturated rings. The van der Waals surface area contributed by atoms with Crippen LogP contribution in [0, 0.1) is 0 Å². The maximum Gasteiger partial charge on any atom is 0.285 e. The lowest BCUT2D eigenvalue weighted by atomic mass is 9.99. The van der Waals surface area contributed by atoms with Crippen LogP contribution in [0.3, 0.4) is 0 Å². The minimum absolute atomic E-state index is 0.00686. The highest BCUT2D eigenvalue weighted by Crippen LogP contribution is 2.35. The second kappa shape index (κ2) is 15.0. The summed E-state index contributed by atoms with van der Waals surface area (Å²) >= 11 is 7.53. The number of aromatic hydroxyl groups is 1. The van der Waals surface area contributed by atoms with Gasteiger partial charge in [-0.05, 0) is 79.8 Å². The van der Waals surface area contributed by atoms with E-state index < -0.39 is 11.8 Å². The molecule has 218 valence electrons. The van der Waals surface area contributed by atoms with E-state index >= 15 is 0 Å². The third-order valence-electron chi connectivity index (χ3n) is 6.26. The van der Waals surface area contributed by atoms with Crippen molar-refractivity contribution < 1.29 is 19.5 Å². The Kier molecular flexibility index (Phi) is 11.1. The smallest absolute Gasteiger partial charge is 0.285 e. The van der Waals surface area contributed by atoms with Crippen LogP contribution in [0.25, 0.3) is 6.08 Å². The summed E-state index contributed by atoms with van der Waals surface area (Å²) < 4.78 is 0.777. The van der Waals surface area contributed by atoms with Crippen LogP contribution in [-0.2, 0) is 14.4 Å². The molecule has 4 rings (SSSR count). The average molecular weight is 721 g/mol. The number of amidine groups is 1. The van der Waals surface area contributed by atoms with Gasteiger partial charge in [-0.1, -0.05) is 97.2 Å². The zero-order valence-electron chi connectivity index (χ0n) is 23.0. The summed E-state index contributed by atoms with van der Waals surface area (Å²) in [4.78, 5) is 45.8. The van der Waals surface area contributed by atoms with E-state index in [2.05, 4.69) is 48.7 Å². The summed E-state index contributed by atoms with van der Waals surface area (Å²) in [5.41, 5.74) is 2.62. The molecule has 0 aliphatic carbocycles. The number of benzene rings is 3. The number of carbonyl (C=O) groups is 3. The van der Waals surface area contributed by atoms with Crippen molar-refractivity contribution in [2.24, 2.45) is 4.99 Å². The number of hydrogen-bond acceptors (Lipinski definition) is 5. The minimum atomic E-state index is -0.737. The molecule has 3 aromatic rings. The number of hydrogen-bond donors (Lipinski definition) is 2. The summed E-state index contributed by atoms with van der Waals surface area (Å²) in [6.07, 6.45) is 8.02. The molecule has 43 heavy (non-hydrogen) atoms. The topological polar surface area (TPSA) is 99.1 Å². The van der Waals surface area contributed by atoms with Gasteiger partial charge < -0.3 is 10.4 Å². The molecule has 1 aliphatic heterocycles. The van der Waals surface area contributed by atoms with Crippen LogP contribution in [0.5, 0.6) is 5.75 Å². The first kappa shape index (κ1) is 31.9. The first-order chi connectivity index (χ1) is 20.7. The molecule has 1 aliphatic rings. The van der Waals surface area contributed by atoms with Gasteiger partial charge in [0.1, 0.15) is 11.3 Å². The zero-order chi connectivity index (χ0) is 30.9. The van der Waals surface area contributed by atoms with Crippen molar-refractivity contribution >= 4 is 72.6 Å². The minimum Gasteiger partial charge on any atom is -0.506 e. The van der Waals surface area contributed by atoms with E-state index in [1.807, 2.05) is 60.7 Å². The highest BCUT2D eigenvalue weighted by Gasteiger charge is 2.35. The number of halogens is 2. The summed E-state index contributed by atoms with van der Waals surface area (Å²) in [5, 5.41) is 13.2. The summed E-state index contributed by atoms with van der Waals surface area (Å²) in [6, 6.07) is 22.0. The number of nitrogens with zero attached hydrogens (tertiary/aromatic N) is 2. The number of aliphatic imine (C=N–C) groups is 1. The number of amides is 3. The molecule has 1 heterocycles. The SMILES string of the molecule is C=C/C=C\C(=C/C)N1C(=O)/C(=C/c2cc(Br)c(O)c(Br)c2)C(=O)N=C1SCC(=O)NC(c1ccccc1)c1ccccc1. The Balaban J connectivity index is 1.63. The molecule has 0 bridgehead atoms. The largest absolute Gasteiger partial charge is 0.506 e. The normalized spacial score (nSPS) is 14.9. The van der Waals surface area contributed by atoms with Gasteiger partial charge in [-0.15, -0.1) is 0 Å². The van der Waals surface area contributed by atoms with E-state index in [9.17, 15) is 19.5 Å². The third kappa shape index (κ3) is 7.90. The Bertz CT molecular complexity index is 1610. The second-order valence-corrected chi connectivity index (χ2v) is 11.8. The molecule has 0 saturated carbocycles. The molecule has 3 amide bonds. The van der Waals surface area contributed by atoms with Gasteiger partial charge in [-0.3, -0.25) is 19.3 Å². The molecule has 10 heteroatoms. The Labute approximate surface area is 271 Å². The van der Waals surface area contributed by atoms with Gasteiger partial charge in [-0.2, -0.15) is 4.99 Å². The van der Waals surface area contributed by atoms with Gasteiger partial charge in [0.2, 0.25) is 5.91 Å². The molecule has 0 atom stereocenters. The van der Waals surface area contributed by atoms with Crippen LogP contribution in [0.1, 0.15) is 29.7 Å². The van der Waals surface area contributed by atoms with Crippen molar-refractivity contribution in [3.8, 4) is 5.75 Å². The number of allylic oxidation sites excluding steroid dienone is 4. The van der Waals surface area contributed by atoms with Gasteiger partial charge in [0.25, 0.3) is 11.8 Å². The fourth-order valence-electron chi connectivity index (χ4n) is 4.23. The summed E-state index contributed by atoms with van der Waals surface area (Å²) in [5.74, 6) is -1.73. The predicted molar refractivity (Wildman–Crippen MR) is 179 cm³/mol. The highest BCUT2D eigenvalue weighted by atomic mass is 79.9. The van der Waals surface area contributed by atoms with Gasteiger partial charge in [0, 0.05) is 5.70 Å². The quantitative estimate of drug-likeness (QED) is 0.137. The van der Waals surface area contributed by atoms with Crippen molar-refractivity contribution in [1.29, 1.82) is 0 Å². The van der Waals surface area contributed by atoms with Crippen LogP contribution in [0.15, 0.2) is 129 Å². The molecule has 3 aromatic carbocycles. The van der Waals surface area contributed by atoms with Crippen molar-refractivity contribution in [2.75, 3.05) is 5.75 Å². The standard InChI is InChI=1S/C33H27Br2N3O4S/c1-3-5-16-24(4-2)38-32(42)25(17-21-18-26(34)30(40)27(35)19-21)31(41)37-33(38)43-20-28(39)36-29(22-12-8-6-9-13-22)23-14-10-7-11-15-23/h3-19,29,40H,1,20H2,2H3,(H,36,39)/b16-5-,24-4+,25-17+. The monoisotopic (exact) mass is 719 g/mol. The Morgan fingerprint density at radius 3 is 2.16 bits per heavy atom. The van der Waals surface area contributed by atoms with E-state index in [1.165, 1.54) is 11.0 Å². The summed E-state index contributed by atoms with van der Waals surface area (Å²) in [6.45, 7) is 5.45. The van der Waals surface area contributed by atoms with Gasteiger partial charge in [0.05, 0.1) is 20.7 Å². The second-order valence-electron chi connectivity index (χ2n) is 9.15. The molecular weight excluding hydrogens is 694 g/mol. The van der Waals surface area contributed by atoms with Crippen LogP contribution >= 0.6 is 43.6 Å². The van der Waals surface area contributed by atoms with Crippen molar-refractivity contribution in [1.82, 2.24) is 10.2 Å².